The fourth-order valence-electron chi connectivity index (χ4n) is 2.97. The second-order valence-electron chi connectivity index (χ2n) is 5.29. The van der Waals surface area contributed by atoms with Crippen LogP contribution in [0.1, 0.15) is 43.9 Å². The Bertz CT molecular complexity index is 597. The zero-order chi connectivity index (χ0) is 14.1. The summed E-state index contributed by atoms with van der Waals surface area (Å²) >= 11 is 3.49. The Balaban J connectivity index is 2.08. The Morgan fingerprint density at radius 3 is 2.60 bits per heavy atom. The minimum atomic E-state index is 0.570. The smallest absolute Gasteiger partial charge is 0.133 e. The average Bonchev–Trinajstić information content (AvgIpc) is 3.05. The minimum Gasteiger partial charge on any atom is -0.369 e. The van der Waals surface area contributed by atoms with Gasteiger partial charge in [-0.25, -0.2) is 4.68 Å². The third-order valence-corrected chi connectivity index (χ3v) is 4.65. The first-order valence-corrected chi connectivity index (χ1v) is 8.15. The summed E-state index contributed by atoms with van der Waals surface area (Å²) in [7, 11) is 0. The molecule has 106 valence electrons. The number of aromatic nitrogens is 2. The normalized spacial score (nSPS) is 13.6. The zero-order valence-corrected chi connectivity index (χ0v) is 13.6. The Morgan fingerprint density at radius 2 is 1.95 bits per heavy atom. The predicted octanol–water partition coefficient (Wildman–Crippen LogP) is 4.51. The molecule has 4 heteroatoms. The lowest BCUT2D eigenvalue weighted by molar-refractivity contribution is 0.607. The highest BCUT2D eigenvalue weighted by Gasteiger charge is 2.26. The summed E-state index contributed by atoms with van der Waals surface area (Å²) in [6.45, 7) is 5.53. The van der Waals surface area contributed by atoms with E-state index in [0.29, 0.717) is 5.92 Å². The number of nitrogens with one attached hydrogen (secondary N) is 1. The maximum absolute atomic E-state index is 4.91. The lowest BCUT2D eigenvalue weighted by Gasteiger charge is -2.10. The number of hydrogen-bond donors (Lipinski definition) is 1. The van der Waals surface area contributed by atoms with Gasteiger partial charge in [0.1, 0.15) is 5.82 Å². The van der Waals surface area contributed by atoms with Gasteiger partial charge in [-0.2, -0.15) is 5.10 Å². The molecular formula is C16H20BrN3. The molecule has 0 bridgehead atoms. The second-order valence-corrected chi connectivity index (χ2v) is 6.21. The molecule has 1 N–H and O–H groups in total. The SMILES string of the molecule is CCC(CC)c1nn(-c2ccc(Br)cc2)c2c1CCN2. The molecule has 1 aromatic heterocycles. The van der Waals surface area contributed by atoms with Crippen molar-refractivity contribution in [2.24, 2.45) is 0 Å². The van der Waals surface area contributed by atoms with E-state index in [1.165, 1.54) is 17.1 Å². The molecule has 20 heavy (non-hydrogen) atoms. The molecule has 3 nitrogen and oxygen atoms in total. The Hall–Kier alpha value is -1.29. The van der Waals surface area contributed by atoms with Gasteiger partial charge in [0.25, 0.3) is 0 Å². The van der Waals surface area contributed by atoms with Crippen molar-refractivity contribution in [1.29, 1.82) is 0 Å². The van der Waals surface area contributed by atoms with E-state index in [0.717, 1.165) is 36.0 Å². The summed E-state index contributed by atoms with van der Waals surface area (Å²) in [5.74, 6) is 1.76. The van der Waals surface area contributed by atoms with E-state index in [4.69, 9.17) is 5.10 Å². The molecule has 1 aliphatic heterocycles. The van der Waals surface area contributed by atoms with Crippen LogP contribution in [0.5, 0.6) is 0 Å². The van der Waals surface area contributed by atoms with Crippen molar-refractivity contribution in [3.05, 3.63) is 40.0 Å². The molecule has 0 amide bonds. The van der Waals surface area contributed by atoms with Gasteiger partial charge < -0.3 is 5.32 Å². The van der Waals surface area contributed by atoms with Crippen molar-refractivity contribution < 1.29 is 0 Å². The highest BCUT2D eigenvalue weighted by atomic mass is 79.9. The maximum atomic E-state index is 4.91. The van der Waals surface area contributed by atoms with E-state index in [9.17, 15) is 0 Å². The predicted molar refractivity (Wildman–Crippen MR) is 86.8 cm³/mol. The minimum absolute atomic E-state index is 0.570. The van der Waals surface area contributed by atoms with Crippen LogP contribution in [0.25, 0.3) is 5.69 Å². The first-order chi connectivity index (χ1) is 9.74. The quantitative estimate of drug-likeness (QED) is 0.892. The van der Waals surface area contributed by atoms with E-state index >= 15 is 0 Å². The number of rotatable bonds is 4. The summed E-state index contributed by atoms with van der Waals surface area (Å²) in [4.78, 5) is 0. The molecule has 1 aliphatic rings. The molecule has 3 rings (SSSR count). The van der Waals surface area contributed by atoms with Crippen molar-refractivity contribution >= 4 is 21.7 Å². The molecule has 0 radical (unpaired) electrons. The largest absolute Gasteiger partial charge is 0.369 e. The van der Waals surface area contributed by atoms with E-state index in [2.05, 4.69) is 64.0 Å². The van der Waals surface area contributed by atoms with Crippen LogP contribution in [0.15, 0.2) is 28.7 Å². The van der Waals surface area contributed by atoms with Gasteiger partial charge in [0.15, 0.2) is 0 Å². The monoisotopic (exact) mass is 333 g/mol. The lowest BCUT2D eigenvalue weighted by Crippen LogP contribution is -2.06. The van der Waals surface area contributed by atoms with Gasteiger partial charge in [-0.3, -0.25) is 0 Å². The number of halogens is 1. The van der Waals surface area contributed by atoms with Gasteiger partial charge in [0, 0.05) is 22.5 Å². The zero-order valence-electron chi connectivity index (χ0n) is 12.0. The summed E-state index contributed by atoms with van der Waals surface area (Å²) in [5.41, 5.74) is 3.83. The molecule has 0 aliphatic carbocycles. The number of hydrogen-bond acceptors (Lipinski definition) is 2. The molecular weight excluding hydrogens is 314 g/mol. The van der Waals surface area contributed by atoms with Crippen LogP contribution < -0.4 is 5.32 Å². The molecule has 0 atom stereocenters. The molecule has 2 aromatic rings. The molecule has 0 spiro atoms. The highest BCUT2D eigenvalue weighted by molar-refractivity contribution is 9.10. The Labute approximate surface area is 128 Å². The van der Waals surface area contributed by atoms with E-state index < -0.39 is 0 Å². The first-order valence-electron chi connectivity index (χ1n) is 7.36. The lowest BCUT2D eigenvalue weighted by atomic mass is 9.96. The highest BCUT2D eigenvalue weighted by Crippen LogP contribution is 2.35. The van der Waals surface area contributed by atoms with Gasteiger partial charge in [0.2, 0.25) is 0 Å². The van der Waals surface area contributed by atoms with E-state index in [-0.39, 0.29) is 0 Å². The Morgan fingerprint density at radius 1 is 1.25 bits per heavy atom. The van der Waals surface area contributed by atoms with Gasteiger partial charge in [-0.15, -0.1) is 0 Å². The molecule has 0 unspecified atom stereocenters. The van der Waals surface area contributed by atoms with Crippen molar-refractivity contribution in [2.75, 3.05) is 11.9 Å². The first kappa shape index (κ1) is 13.7. The molecule has 0 fully saturated rings. The fourth-order valence-corrected chi connectivity index (χ4v) is 3.24. The van der Waals surface area contributed by atoms with Crippen LogP contribution in [-0.4, -0.2) is 16.3 Å². The van der Waals surface area contributed by atoms with Crippen molar-refractivity contribution in [3.8, 4) is 5.69 Å². The molecule has 2 heterocycles. The number of fused-ring (bicyclic) bond motifs is 1. The maximum Gasteiger partial charge on any atom is 0.133 e. The van der Waals surface area contributed by atoms with Crippen LogP contribution >= 0.6 is 15.9 Å². The average molecular weight is 334 g/mol. The third kappa shape index (κ3) is 2.26. The molecule has 1 aromatic carbocycles. The fraction of sp³-hybridized carbons (Fsp3) is 0.438. The van der Waals surface area contributed by atoms with Crippen LogP contribution in [0, 0.1) is 0 Å². The summed E-state index contributed by atoms with van der Waals surface area (Å²) in [6, 6.07) is 8.34. The van der Waals surface area contributed by atoms with Gasteiger partial charge in [-0.05, 0) is 43.5 Å². The van der Waals surface area contributed by atoms with Crippen LogP contribution in [0.4, 0.5) is 5.82 Å². The summed E-state index contributed by atoms with van der Waals surface area (Å²) in [5, 5.41) is 8.41. The third-order valence-electron chi connectivity index (χ3n) is 4.13. The van der Waals surface area contributed by atoms with Gasteiger partial charge >= 0.3 is 0 Å². The Kier molecular flexibility index (Phi) is 3.83. The van der Waals surface area contributed by atoms with Crippen LogP contribution in [0.3, 0.4) is 0 Å². The second kappa shape index (κ2) is 5.60. The van der Waals surface area contributed by atoms with Crippen molar-refractivity contribution in [2.45, 2.75) is 39.0 Å². The standard InChI is InChI=1S/C16H20BrN3/c1-3-11(4-2)15-14-9-10-18-16(14)20(19-15)13-7-5-12(17)6-8-13/h5-8,11,18H,3-4,9-10H2,1-2H3. The van der Waals surface area contributed by atoms with E-state index in [1.807, 2.05) is 0 Å². The van der Waals surface area contributed by atoms with Crippen LogP contribution in [0.2, 0.25) is 0 Å². The van der Waals surface area contributed by atoms with Crippen molar-refractivity contribution in [1.82, 2.24) is 9.78 Å². The topological polar surface area (TPSA) is 29.9 Å². The van der Waals surface area contributed by atoms with Crippen LogP contribution in [-0.2, 0) is 6.42 Å². The summed E-state index contributed by atoms with van der Waals surface area (Å²) < 4.78 is 3.17. The molecule has 0 saturated carbocycles. The van der Waals surface area contributed by atoms with Gasteiger partial charge in [0.05, 0.1) is 11.4 Å². The number of nitrogens with zero attached hydrogens (tertiary/aromatic N) is 2. The van der Waals surface area contributed by atoms with Gasteiger partial charge in [-0.1, -0.05) is 29.8 Å². The molecule has 0 saturated heterocycles. The summed E-state index contributed by atoms with van der Waals surface area (Å²) in [6.07, 6.45) is 3.40. The van der Waals surface area contributed by atoms with Crippen molar-refractivity contribution in [3.63, 3.8) is 0 Å². The van der Waals surface area contributed by atoms with E-state index in [1.54, 1.807) is 0 Å². The number of anilines is 1. The number of benzene rings is 1.